The van der Waals surface area contributed by atoms with Gasteiger partial charge in [-0.3, -0.25) is 4.99 Å². The first-order valence-electron chi connectivity index (χ1n) is 8.55. The SMILES string of the molecule is CN=C(NCCCOCC1CCCO1)N(C)Cc1ccccc1Br. The summed E-state index contributed by atoms with van der Waals surface area (Å²) in [6, 6.07) is 8.25. The molecule has 0 amide bonds. The zero-order valence-corrected chi connectivity index (χ0v) is 16.2. The third kappa shape index (κ3) is 6.42. The summed E-state index contributed by atoms with van der Waals surface area (Å²) in [5, 5.41) is 3.39. The second kappa shape index (κ2) is 10.7. The second-order valence-electron chi connectivity index (χ2n) is 5.98. The van der Waals surface area contributed by atoms with Gasteiger partial charge in [-0.1, -0.05) is 34.1 Å². The number of ether oxygens (including phenoxy) is 2. The molecule has 1 saturated heterocycles. The lowest BCUT2D eigenvalue weighted by molar-refractivity contribution is 0.0168. The van der Waals surface area contributed by atoms with Crippen LogP contribution in [0.1, 0.15) is 24.8 Å². The van der Waals surface area contributed by atoms with E-state index in [9.17, 15) is 0 Å². The van der Waals surface area contributed by atoms with Gasteiger partial charge in [0.1, 0.15) is 0 Å². The number of guanidine groups is 1. The molecule has 2 rings (SSSR count). The number of aliphatic imine (C=N–C) groups is 1. The Balaban J connectivity index is 1.63. The summed E-state index contributed by atoms with van der Waals surface area (Å²) in [7, 11) is 3.86. The molecule has 0 aromatic heterocycles. The van der Waals surface area contributed by atoms with Crippen LogP contribution in [0.3, 0.4) is 0 Å². The topological polar surface area (TPSA) is 46.1 Å². The molecule has 1 N–H and O–H groups in total. The van der Waals surface area contributed by atoms with Crippen LogP contribution in [0.15, 0.2) is 33.7 Å². The molecule has 134 valence electrons. The van der Waals surface area contributed by atoms with Crippen molar-refractivity contribution in [2.75, 3.05) is 40.5 Å². The lowest BCUT2D eigenvalue weighted by Crippen LogP contribution is -2.39. The second-order valence-corrected chi connectivity index (χ2v) is 6.84. The third-order valence-electron chi connectivity index (χ3n) is 4.02. The van der Waals surface area contributed by atoms with E-state index in [-0.39, 0.29) is 0 Å². The van der Waals surface area contributed by atoms with Crippen LogP contribution >= 0.6 is 15.9 Å². The minimum Gasteiger partial charge on any atom is -0.379 e. The Bertz CT molecular complexity index is 519. The fraction of sp³-hybridized carbons (Fsp3) is 0.611. The van der Waals surface area contributed by atoms with Gasteiger partial charge in [0.05, 0.1) is 12.7 Å². The third-order valence-corrected chi connectivity index (χ3v) is 4.79. The summed E-state index contributed by atoms with van der Waals surface area (Å²) in [5.74, 6) is 0.893. The smallest absolute Gasteiger partial charge is 0.193 e. The first kappa shape index (κ1) is 19.2. The van der Waals surface area contributed by atoms with E-state index in [2.05, 4.69) is 49.3 Å². The Labute approximate surface area is 153 Å². The van der Waals surface area contributed by atoms with E-state index in [0.717, 1.165) is 62.6 Å². The van der Waals surface area contributed by atoms with Crippen LogP contribution < -0.4 is 5.32 Å². The molecule has 1 aromatic carbocycles. The summed E-state index contributed by atoms with van der Waals surface area (Å²) < 4.78 is 12.3. The summed E-state index contributed by atoms with van der Waals surface area (Å²) >= 11 is 3.59. The highest BCUT2D eigenvalue weighted by atomic mass is 79.9. The van der Waals surface area contributed by atoms with Crippen molar-refractivity contribution in [2.24, 2.45) is 4.99 Å². The largest absolute Gasteiger partial charge is 0.379 e. The minimum absolute atomic E-state index is 0.307. The molecule has 0 radical (unpaired) electrons. The van der Waals surface area contributed by atoms with Gasteiger partial charge in [-0.05, 0) is 30.9 Å². The van der Waals surface area contributed by atoms with Crippen molar-refractivity contribution < 1.29 is 9.47 Å². The molecule has 1 unspecified atom stereocenters. The molecule has 1 heterocycles. The Kier molecular flexibility index (Phi) is 8.56. The Morgan fingerprint density at radius 2 is 2.29 bits per heavy atom. The number of hydrogen-bond donors (Lipinski definition) is 1. The van der Waals surface area contributed by atoms with Crippen LogP contribution in [0.2, 0.25) is 0 Å². The highest BCUT2D eigenvalue weighted by molar-refractivity contribution is 9.10. The van der Waals surface area contributed by atoms with Crippen molar-refractivity contribution in [2.45, 2.75) is 31.9 Å². The molecular weight excluding hydrogens is 370 g/mol. The monoisotopic (exact) mass is 397 g/mol. The Morgan fingerprint density at radius 1 is 1.46 bits per heavy atom. The average Bonchev–Trinajstić information content (AvgIpc) is 3.09. The molecular formula is C18H28BrN3O2. The predicted molar refractivity (Wildman–Crippen MR) is 101 cm³/mol. The van der Waals surface area contributed by atoms with Gasteiger partial charge in [0, 0.05) is 44.9 Å². The average molecular weight is 398 g/mol. The van der Waals surface area contributed by atoms with Gasteiger partial charge in [-0.15, -0.1) is 0 Å². The van der Waals surface area contributed by atoms with Crippen molar-refractivity contribution >= 4 is 21.9 Å². The van der Waals surface area contributed by atoms with Gasteiger partial charge >= 0.3 is 0 Å². The number of halogens is 1. The van der Waals surface area contributed by atoms with Crippen LogP contribution in [0.5, 0.6) is 0 Å². The molecule has 0 aliphatic carbocycles. The fourth-order valence-electron chi connectivity index (χ4n) is 2.71. The van der Waals surface area contributed by atoms with E-state index in [4.69, 9.17) is 9.47 Å². The molecule has 24 heavy (non-hydrogen) atoms. The van der Waals surface area contributed by atoms with Crippen molar-refractivity contribution in [1.29, 1.82) is 0 Å². The van der Waals surface area contributed by atoms with Crippen molar-refractivity contribution in [3.8, 4) is 0 Å². The number of hydrogen-bond acceptors (Lipinski definition) is 3. The highest BCUT2D eigenvalue weighted by Gasteiger charge is 2.15. The quantitative estimate of drug-likeness (QED) is 0.416. The first-order chi connectivity index (χ1) is 11.7. The minimum atomic E-state index is 0.307. The van der Waals surface area contributed by atoms with Gasteiger partial charge < -0.3 is 19.7 Å². The van der Waals surface area contributed by atoms with E-state index in [1.807, 2.05) is 20.2 Å². The summed E-state index contributed by atoms with van der Waals surface area (Å²) in [6.07, 6.45) is 3.55. The molecule has 1 atom stereocenters. The van der Waals surface area contributed by atoms with E-state index in [0.29, 0.717) is 6.10 Å². The van der Waals surface area contributed by atoms with Crippen molar-refractivity contribution in [3.63, 3.8) is 0 Å². The zero-order chi connectivity index (χ0) is 17.2. The van der Waals surface area contributed by atoms with E-state index < -0.39 is 0 Å². The molecule has 0 spiro atoms. The van der Waals surface area contributed by atoms with Crippen molar-refractivity contribution in [3.05, 3.63) is 34.3 Å². The Hall–Kier alpha value is -1.11. The number of rotatable bonds is 8. The number of nitrogens with zero attached hydrogens (tertiary/aromatic N) is 2. The first-order valence-corrected chi connectivity index (χ1v) is 9.34. The predicted octanol–water partition coefficient (Wildman–Crippen LogP) is 3.04. The fourth-order valence-corrected chi connectivity index (χ4v) is 3.12. The van der Waals surface area contributed by atoms with Crippen LogP contribution in [0.4, 0.5) is 0 Å². The lowest BCUT2D eigenvalue weighted by atomic mass is 10.2. The van der Waals surface area contributed by atoms with Crippen LogP contribution in [-0.2, 0) is 16.0 Å². The van der Waals surface area contributed by atoms with Gasteiger partial charge in [0.2, 0.25) is 0 Å². The van der Waals surface area contributed by atoms with Gasteiger partial charge in [-0.25, -0.2) is 0 Å². The maximum absolute atomic E-state index is 5.68. The van der Waals surface area contributed by atoms with Gasteiger partial charge in [0.25, 0.3) is 0 Å². The van der Waals surface area contributed by atoms with Gasteiger partial charge in [0.15, 0.2) is 5.96 Å². The number of benzene rings is 1. The maximum Gasteiger partial charge on any atom is 0.193 e. The molecule has 1 aromatic rings. The molecule has 1 aliphatic heterocycles. The maximum atomic E-state index is 5.68. The molecule has 5 nitrogen and oxygen atoms in total. The standard InChI is InChI=1S/C18H28BrN3O2/c1-20-18(22(2)13-15-7-3-4-9-17(15)19)21-10-6-11-23-14-16-8-5-12-24-16/h3-4,7,9,16H,5-6,8,10-14H2,1-2H3,(H,20,21). The van der Waals surface area contributed by atoms with E-state index >= 15 is 0 Å². The molecule has 0 saturated carbocycles. The Morgan fingerprint density at radius 3 is 3.00 bits per heavy atom. The molecule has 0 bridgehead atoms. The summed E-state index contributed by atoms with van der Waals surface area (Å²) in [5.41, 5.74) is 1.24. The number of nitrogens with one attached hydrogen (secondary N) is 1. The molecule has 1 fully saturated rings. The van der Waals surface area contributed by atoms with Gasteiger partial charge in [-0.2, -0.15) is 0 Å². The zero-order valence-electron chi connectivity index (χ0n) is 14.6. The highest BCUT2D eigenvalue weighted by Crippen LogP contribution is 2.17. The van der Waals surface area contributed by atoms with E-state index in [1.165, 1.54) is 5.56 Å². The summed E-state index contributed by atoms with van der Waals surface area (Å²) in [6.45, 7) is 4.00. The molecule has 6 heteroatoms. The molecule has 1 aliphatic rings. The van der Waals surface area contributed by atoms with Crippen LogP contribution in [-0.4, -0.2) is 57.4 Å². The normalized spacial score (nSPS) is 18.0. The van der Waals surface area contributed by atoms with Crippen LogP contribution in [0, 0.1) is 0 Å². The van der Waals surface area contributed by atoms with E-state index in [1.54, 1.807) is 0 Å². The lowest BCUT2D eigenvalue weighted by Gasteiger charge is -2.22. The van der Waals surface area contributed by atoms with Crippen molar-refractivity contribution in [1.82, 2.24) is 10.2 Å². The summed E-state index contributed by atoms with van der Waals surface area (Å²) in [4.78, 5) is 6.47. The van der Waals surface area contributed by atoms with Crippen LogP contribution in [0.25, 0.3) is 0 Å².